The maximum absolute atomic E-state index is 11.5. The first kappa shape index (κ1) is 29.3. The highest BCUT2D eigenvalue weighted by atomic mass is 35.5. The Kier molecular flexibility index (Phi) is 9.47. The van der Waals surface area contributed by atoms with E-state index in [-0.39, 0.29) is 18.5 Å². The Morgan fingerprint density at radius 2 is 2.05 bits per heavy atom. The normalized spacial score (nSPS) is 16.2. The number of carbonyl (C=O) groups is 1. The molecule has 1 unspecified atom stereocenters. The second kappa shape index (κ2) is 12.6. The van der Waals surface area contributed by atoms with Crippen molar-refractivity contribution in [3.63, 3.8) is 0 Å². The molecule has 0 spiro atoms. The molecule has 0 aromatic carbocycles. The number of amides is 1. The van der Waals surface area contributed by atoms with Crippen LogP contribution in [0.5, 0.6) is 0 Å². The molecule has 3 aromatic rings. The Morgan fingerprint density at radius 1 is 1.26 bits per heavy atom. The molecule has 4 rings (SSSR count). The van der Waals surface area contributed by atoms with Crippen LogP contribution in [-0.2, 0) is 28.6 Å². The van der Waals surface area contributed by atoms with E-state index in [1.807, 2.05) is 28.8 Å². The first-order chi connectivity index (χ1) is 18.6. The minimum atomic E-state index is -1.23. The minimum absolute atomic E-state index is 0.218. The highest BCUT2D eigenvalue weighted by Gasteiger charge is 2.24. The zero-order valence-electron chi connectivity index (χ0n) is 23.5. The molecule has 1 atom stereocenters. The van der Waals surface area contributed by atoms with E-state index in [1.165, 1.54) is 4.90 Å². The summed E-state index contributed by atoms with van der Waals surface area (Å²) in [6.45, 7) is 12.4. The smallest absolute Gasteiger partial charge is 0.407 e. The molecule has 1 fully saturated rings. The largest absolute Gasteiger partial charge is 0.465 e. The van der Waals surface area contributed by atoms with Crippen LogP contribution in [0.1, 0.15) is 24.7 Å². The molecule has 212 valence electrons. The fourth-order valence-electron chi connectivity index (χ4n) is 4.55. The summed E-state index contributed by atoms with van der Waals surface area (Å²) in [5.74, 6) is 1.60. The van der Waals surface area contributed by atoms with E-state index in [1.54, 1.807) is 7.05 Å². The van der Waals surface area contributed by atoms with Gasteiger partial charge in [0.25, 0.3) is 0 Å². The van der Waals surface area contributed by atoms with Gasteiger partial charge in [-0.15, -0.1) is 11.6 Å². The Hall–Kier alpha value is -2.73. The van der Waals surface area contributed by atoms with Crippen molar-refractivity contribution in [2.24, 2.45) is 0 Å². The summed E-state index contributed by atoms with van der Waals surface area (Å²) in [6.07, 6.45) is -0.0478. The van der Waals surface area contributed by atoms with Gasteiger partial charge in [0.05, 0.1) is 48.4 Å². The number of pyridine rings is 1. The van der Waals surface area contributed by atoms with Crippen molar-refractivity contribution in [1.29, 1.82) is 0 Å². The molecule has 12 heteroatoms. The van der Waals surface area contributed by atoms with Gasteiger partial charge in [0.1, 0.15) is 18.2 Å². The van der Waals surface area contributed by atoms with Crippen molar-refractivity contribution in [2.45, 2.75) is 64.2 Å². The summed E-state index contributed by atoms with van der Waals surface area (Å²) < 4.78 is 13.7. The lowest BCUT2D eigenvalue weighted by Crippen LogP contribution is -2.45. The fraction of sp³-hybridized carbons (Fsp3) is 0.556. The molecular weight excluding hydrogens is 536 g/mol. The van der Waals surface area contributed by atoms with Gasteiger partial charge in [-0.1, -0.05) is 26.6 Å². The maximum atomic E-state index is 11.5. The molecule has 4 heterocycles. The third-order valence-corrected chi connectivity index (χ3v) is 8.89. The summed E-state index contributed by atoms with van der Waals surface area (Å²) in [6, 6.07) is 9.03. The van der Waals surface area contributed by atoms with Gasteiger partial charge >= 0.3 is 6.09 Å². The van der Waals surface area contributed by atoms with Crippen LogP contribution in [0.15, 0.2) is 24.3 Å². The minimum Gasteiger partial charge on any atom is -0.465 e. The molecule has 3 aromatic heterocycles. The zero-order chi connectivity index (χ0) is 28.2. The number of morpholine rings is 1. The standard InChI is InChI=1S/C27H39ClN6O4Si/c1-6-20-17-37-10-9-33(20)25-13-19(15-28)29-26(31-25)22-7-8-24-23(30-22)14-21(16-32(2)27(35)36)34(24)18-38-11-12-39(3,4)5/h7-8,13-14,20H,6,9-12,15-18H2,1-5H3,(H,35,36). The zero-order valence-corrected chi connectivity index (χ0v) is 25.2. The van der Waals surface area contributed by atoms with Crippen LogP contribution >= 0.6 is 11.6 Å². The third-order valence-electron chi connectivity index (χ3n) is 6.91. The van der Waals surface area contributed by atoms with Gasteiger partial charge in [-0.05, 0) is 30.7 Å². The Morgan fingerprint density at radius 3 is 2.74 bits per heavy atom. The first-order valence-corrected chi connectivity index (χ1v) is 17.6. The van der Waals surface area contributed by atoms with E-state index in [4.69, 9.17) is 31.0 Å². The Labute approximate surface area is 235 Å². The molecule has 0 saturated carbocycles. The van der Waals surface area contributed by atoms with Crippen LogP contribution in [0.3, 0.4) is 0 Å². The van der Waals surface area contributed by atoms with E-state index in [0.717, 1.165) is 47.2 Å². The van der Waals surface area contributed by atoms with Crippen molar-refractivity contribution in [3.05, 3.63) is 35.7 Å². The Bertz CT molecular complexity index is 1300. The number of hydrogen-bond donors (Lipinski definition) is 1. The van der Waals surface area contributed by atoms with Gasteiger partial charge < -0.3 is 28.9 Å². The molecular formula is C27H39ClN6O4Si. The van der Waals surface area contributed by atoms with Crippen LogP contribution in [0.2, 0.25) is 25.7 Å². The second-order valence-corrected chi connectivity index (χ2v) is 17.0. The number of halogens is 1. The molecule has 1 N–H and O–H groups in total. The molecule has 1 amide bonds. The average Bonchev–Trinajstić information content (AvgIpc) is 3.25. The third kappa shape index (κ3) is 7.27. The number of hydrogen-bond acceptors (Lipinski definition) is 7. The van der Waals surface area contributed by atoms with Gasteiger partial charge in [0.15, 0.2) is 5.82 Å². The van der Waals surface area contributed by atoms with Gasteiger partial charge in [0, 0.05) is 40.0 Å². The molecule has 1 saturated heterocycles. The number of fused-ring (bicyclic) bond motifs is 1. The van der Waals surface area contributed by atoms with Crippen molar-refractivity contribution in [2.75, 3.05) is 38.3 Å². The van der Waals surface area contributed by atoms with Gasteiger partial charge in [-0.2, -0.15) is 0 Å². The number of nitrogens with zero attached hydrogens (tertiary/aromatic N) is 6. The molecule has 1 aliphatic rings. The van der Waals surface area contributed by atoms with Crippen LogP contribution < -0.4 is 4.90 Å². The van der Waals surface area contributed by atoms with E-state index >= 15 is 0 Å². The van der Waals surface area contributed by atoms with Crippen molar-refractivity contribution >= 4 is 42.6 Å². The Balaban J connectivity index is 1.69. The number of aromatic nitrogens is 4. The lowest BCUT2D eigenvalue weighted by molar-refractivity contribution is 0.0865. The van der Waals surface area contributed by atoms with Gasteiger partial charge in [0.2, 0.25) is 0 Å². The van der Waals surface area contributed by atoms with Crippen LogP contribution in [0, 0.1) is 0 Å². The predicted octanol–water partition coefficient (Wildman–Crippen LogP) is 5.27. The predicted molar refractivity (Wildman–Crippen MR) is 156 cm³/mol. The topological polar surface area (TPSA) is 106 Å². The number of alkyl halides is 1. The first-order valence-electron chi connectivity index (χ1n) is 13.4. The van der Waals surface area contributed by atoms with Crippen LogP contribution in [0.25, 0.3) is 22.6 Å². The second-order valence-electron chi connectivity index (χ2n) is 11.2. The summed E-state index contributed by atoms with van der Waals surface area (Å²) in [4.78, 5) is 29.5. The number of carboxylic acid groups (broad SMARTS) is 1. The van der Waals surface area contributed by atoms with E-state index in [0.29, 0.717) is 38.1 Å². The average molecular weight is 575 g/mol. The van der Waals surface area contributed by atoms with Gasteiger partial charge in [-0.3, -0.25) is 0 Å². The quantitative estimate of drug-likeness (QED) is 0.187. The van der Waals surface area contributed by atoms with E-state index < -0.39 is 14.2 Å². The van der Waals surface area contributed by atoms with Crippen LogP contribution in [-0.4, -0.2) is 83.1 Å². The molecule has 0 aliphatic carbocycles. The summed E-state index contributed by atoms with van der Waals surface area (Å²) in [5.41, 5.74) is 3.77. The van der Waals surface area contributed by atoms with Crippen LogP contribution in [0.4, 0.5) is 10.6 Å². The molecule has 0 bridgehead atoms. The summed E-state index contributed by atoms with van der Waals surface area (Å²) >= 11 is 6.23. The number of rotatable bonds is 11. The molecule has 39 heavy (non-hydrogen) atoms. The molecule has 1 aliphatic heterocycles. The SMILES string of the molecule is CCC1COCCN1c1cc(CCl)nc(-c2ccc3c(cc(CN(C)C(=O)O)n3COCC[Si](C)(C)C)n2)n1. The van der Waals surface area contributed by atoms with Gasteiger partial charge in [-0.25, -0.2) is 19.7 Å². The molecule has 0 radical (unpaired) electrons. The highest BCUT2D eigenvalue weighted by Crippen LogP contribution is 2.27. The van der Waals surface area contributed by atoms with Crippen molar-refractivity contribution < 1.29 is 19.4 Å². The number of ether oxygens (including phenoxy) is 2. The fourth-order valence-corrected chi connectivity index (χ4v) is 5.45. The summed E-state index contributed by atoms with van der Waals surface area (Å²) in [5, 5.41) is 9.46. The monoisotopic (exact) mass is 574 g/mol. The van der Waals surface area contributed by atoms with E-state index in [2.05, 4.69) is 36.4 Å². The lowest BCUT2D eigenvalue weighted by Gasteiger charge is -2.36. The number of anilines is 1. The summed E-state index contributed by atoms with van der Waals surface area (Å²) in [7, 11) is 0.322. The van der Waals surface area contributed by atoms with Crippen molar-refractivity contribution in [1.82, 2.24) is 24.4 Å². The highest BCUT2D eigenvalue weighted by molar-refractivity contribution is 6.76. The maximum Gasteiger partial charge on any atom is 0.407 e. The van der Waals surface area contributed by atoms with Crippen molar-refractivity contribution in [3.8, 4) is 11.5 Å². The molecule has 10 nitrogen and oxygen atoms in total. The lowest BCUT2D eigenvalue weighted by atomic mass is 10.1. The van der Waals surface area contributed by atoms with E-state index in [9.17, 15) is 9.90 Å².